The van der Waals surface area contributed by atoms with Crippen LogP contribution in [0, 0.1) is 5.82 Å². The second-order valence-electron chi connectivity index (χ2n) is 8.10. The number of aromatic nitrogens is 7. The third-order valence-electron chi connectivity index (χ3n) is 5.81. The first-order valence-corrected chi connectivity index (χ1v) is 10.8. The zero-order chi connectivity index (χ0) is 23.2. The summed E-state index contributed by atoms with van der Waals surface area (Å²) < 4.78 is 15.6. The molecule has 0 bridgehead atoms. The van der Waals surface area contributed by atoms with Crippen LogP contribution >= 0.6 is 0 Å². The number of hydrogen-bond acceptors (Lipinski definition) is 5. The van der Waals surface area contributed by atoms with E-state index in [2.05, 4.69) is 20.3 Å². The fourth-order valence-electron chi connectivity index (χ4n) is 4.29. The average Bonchev–Trinajstić information content (AvgIpc) is 3.54. The van der Waals surface area contributed by atoms with Crippen molar-refractivity contribution in [2.75, 3.05) is 6.61 Å². The van der Waals surface area contributed by atoms with Crippen molar-refractivity contribution < 1.29 is 9.50 Å². The SMILES string of the molecule is Cn1cc(-c2ccc3[nH]nc(-c4nc5c(-c6cccc(F)c6)cccc5[nH]4)c3n2)c(CCO)n1. The molecule has 34 heavy (non-hydrogen) atoms. The summed E-state index contributed by atoms with van der Waals surface area (Å²) in [5.41, 5.74) is 7.55. The van der Waals surface area contributed by atoms with Crippen LogP contribution in [0.1, 0.15) is 5.69 Å². The van der Waals surface area contributed by atoms with Crippen molar-refractivity contribution in [2.45, 2.75) is 6.42 Å². The Morgan fingerprint density at radius 3 is 2.71 bits per heavy atom. The molecule has 0 aliphatic rings. The number of pyridine rings is 1. The first kappa shape index (κ1) is 20.3. The molecule has 6 rings (SSSR count). The summed E-state index contributed by atoms with van der Waals surface area (Å²) in [5.74, 6) is 0.271. The zero-order valence-electron chi connectivity index (χ0n) is 18.2. The van der Waals surface area contributed by atoms with Crippen LogP contribution in [-0.4, -0.2) is 46.6 Å². The normalized spacial score (nSPS) is 11.6. The number of fused-ring (bicyclic) bond motifs is 2. The zero-order valence-corrected chi connectivity index (χ0v) is 18.2. The Morgan fingerprint density at radius 2 is 1.85 bits per heavy atom. The van der Waals surface area contributed by atoms with E-state index < -0.39 is 0 Å². The molecule has 0 atom stereocenters. The summed E-state index contributed by atoms with van der Waals surface area (Å²) >= 11 is 0. The summed E-state index contributed by atoms with van der Waals surface area (Å²) in [4.78, 5) is 13.0. The predicted molar refractivity (Wildman–Crippen MR) is 127 cm³/mol. The number of H-pyrrole nitrogens is 2. The Kier molecular flexibility index (Phi) is 4.70. The van der Waals surface area contributed by atoms with Gasteiger partial charge in [-0.3, -0.25) is 9.78 Å². The van der Waals surface area contributed by atoms with Crippen LogP contribution in [0.2, 0.25) is 0 Å². The predicted octanol–water partition coefficient (Wildman–Crippen LogP) is 4.24. The molecule has 0 aliphatic heterocycles. The molecule has 0 fully saturated rings. The van der Waals surface area contributed by atoms with Gasteiger partial charge in [-0.2, -0.15) is 10.2 Å². The third kappa shape index (κ3) is 3.34. The molecule has 0 aliphatic carbocycles. The van der Waals surface area contributed by atoms with Gasteiger partial charge in [-0.25, -0.2) is 14.4 Å². The molecule has 0 saturated carbocycles. The Labute approximate surface area is 193 Å². The third-order valence-corrected chi connectivity index (χ3v) is 5.81. The van der Waals surface area contributed by atoms with Crippen molar-refractivity contribution in [3.63, 3.8) is 0 Å². The molecule has 3 N–H and O–H groups in total. The largest absolute Gasteiger partial charge is 0.396 e. The number of nitrogens with zero attached hydrogens (tertiary/aromatic N) is 5. The number of nitrogens with one attached hydrogen (secondary N) is 2. The van der Waals surface area contributed by atoms with Crippen molar-refractivity contribution in [1.82, 2.24) is 34.9 Å². The maximum Gasteiger partial charge on any atom is 0.161 e. The molecule has 8 nitrogen and oxygen atoms in total. The molecule has 0 amide bonds. The minimum atomic E-state index is -0.295. The van der Waals surface area contributed by atoms with Crippen LogP contribution in [0.5, 0.6) is 0 Å². The van der Waals surface area contributed by atoms with E-state index in [0.717, 1.165) is 44.6 Å². The number of aromatic amines is 2. The minimum Gasteiger partial charge on any atom is -0.396 e. The summed E-state index contributed by atoms with van der Waals surface area (Å²) in [6.45, 7) is 0.00977. The molecular weight excluding hydrogens is 433 g/mol. The van der Waals surface area contributed by atoms with Gasteiger partial charge in [-0.15, -0.1) is 0 Å². The van der Waals surface area contributed by atoms with Gasteiger partial charge in [0.2, 0.25) is 0 Å². The Morgan fingerprint density at radius 1 is 0.971 bits per heavy atom. The van der Waals surface area contributed by atoms with Crippen molar-refractivity contribution >= 4 is 22.1 Å². The second kappa shape index (κ2) is 7.89. The van der Waals surface area contributed by atoms with Gasteiger partial charge >= 0.3 is 0 Å². The summed E-state index contributed by atoms with van der Waals surface area (Å²) in [6.07, 6.45) is 2.34. The van der Waals surface area contributed by atoms with Gasteiger partial charge in [0.25, 0.3) is 0 Å². The highest BCUT2D eigenvalue weighted by molar-refractivity contribution is 5.96. The van der Waals surface area contributed by atoms with Crippen molar-refractivity contribution in [3.8, 4) is 33.9 Å². The van der Waals surface area contributed by atoms with E-state index in [-0.39, 0.29) is 12.4 Å². The van der Waals surface area contributed by atoms with Gasteiger partial charge in [-0.05, 0) is 35.9 Å². The lowest BCUT2D eigenvalue weighted by molar-refractivity contribution is 0.298. The van der Waals surface area contributed by atoms with Crippen LogP contribution in [0.4, 0.5) is 4.39 Å². The molecule has 6 aromatic rings. The topological polar surface area (TPSA) is 108 Å². The average molecular weight is 453 g/mol. The number of rotatable bonds is 5. The van der Waals surface area contributed by atoms with Crippen molar-refractivity contribution in [1.29, 1.82) is 0 Å². The molecule has 0 unspecified atom stereocenters. The number of aliphatic hydroxyl groups excluding tert-OH is 1. The van der Waals surface area contributed by atoms with E-state index in [1.54, 1.807) is 10.7 Å². The lowest BCUT2D eigenvalue weighted by Gasteiger charge is -2.02. The fraction of sp³-hybridized carbons (Fsp3) is 0.120. The van der Waals surface area contributed by atoms with Crippen LogP contribution < -0.4 is 0 Å². The molecule has 4 heterocycles. The lowest BCUT2D eigenvalue weighted by atomic mass is 10.0. The number of halogens is 1. The van der Waals surface area contributed by atoms with E-state index >= 15 is 0 Å². The highest BCUT2D eigenvalue weighted by atomic mass is 19.1. The summed E-state index contributed by atoms with van der Waals surface area (Å²) in [7, 11) is 1.84. The number of aliphatic hydroxyl groups is 1. The Bertz CT molecular complexity index is 1660. The maximum absolute atomic E-state index is 13.8. The first-order valence-electron chi connectivity index (χ1n) is 10.8. The van der Waals surface area contributed by atoms with Crippen LogP contribution in [0.25, 0.3) is 56.0 Å². The summed E-state index contributed by atoms with van der Waals surface area (Å²) in [6, 6.07) is 16.1. The van der Waals surface area contributed by atoms with Crippen molar-refractivity contribution in [2.24, 2.45) is 7.05 Å². The van der Waals surface area contributed by atoms with Crippen LogP contribution in [0.3, 0.4) is 0 Å². The van der Waals surface area contributed by atoms with Gasteiger partial charge in [0.05, 0.1) is 27.9 Å². The molecule has 0 spiro atoms. The lowest BCUT2D eigenvalue weighted by Crippen LogP contribution is -1.96. The summed E-state index contributed by atoms with van der Waals surface area (Å²) in [5, 5.41) is 21.3. The second-order valence-corrected chi connectivity index (χ2v) is 8.10. The maximum atomic E-state index is 13.8. The minimum absolute atomic E-state index is 0.00977. The first-order chi connectivity index (χ1) is 16.6. The van der Waals surface area contributed by atoms with E-state index in [4.69, 9.17) is 9.97 Å². The smallest absolute Gasteiger partial charge is 0.161 e. The molecule has 0 radical (unpaired) electrons. The molecule has 9 heteroatoms. The van der Waals surface area contributed by atoms with Gasteiger partial charge in [0.15, 0.2) is 11.5 Å². The van der Waals surface area contributed by atoms with Gasteiger partial charge in [0.1, 0.15) is 11.3 Å². The van der Waals surface area contributed by atoms with Crippen molar-refractivity contribution in [3.05, 3.63) is 72.3 Å². The van der Waals surface area contributed by atoms with Crippen LogP contribution in [0.15, 0.2) is 60.8 Å². The van der Waals surface area contributed by atoms with Gasteiger partial charge in [0, 0.05) is 37.4 Å². The van der Waals surface area contributed by atoms with Gasteiger partial charge in [-0.1, -0.05) is 24.3 Å². The van der Waals surface area contributed by atoms with E-state index in [9.17, 15) is 9.50 Å². The van der Waals surface area contributed by atoms with E-state index in [1.165, 1.54) is 12.1 Å². The van der Waals surface area contributed by atoms with E-state index in [1.807, 2.05) is 49.6 Å². The number of aryl methyl sites for hydroxylation is 1. The molecule has 4 aromatic heterocycles. The number of benzene rings is 2. The molecular formula is C25H20FN7O. The number of imidazole rings is 1. The van der Waals surface area contributed by atoms with Crippen LogP contribution in [-0.2, 0) is 13.5 Å². The Hall–Kier alpha value is -4.37. The quantitative estimate of drug-likeness (QED) is 0.362. The Balaban J connectivity index is 1.49. The molecule has 168 valence electrons. The molecule has 0 saturated heterocycles. The monoisotopic (exact) mass is 453 g/mol. The highest BCUT2D eigenvalue weighted by Gasteiger charge is 2.18. The van der Waals surface area contributed by atoms with Gasteiger partial charge < -0.3 is 10.1 Å². The molecule has 2 aromatic carbocycles. The fourth-order valence-corrected chi connectivity index (χ4v) is 4.29. The van der Waals surface area contributed by atoms with E-state index in [0.29, 0.717) is 23.5 Å². The standard InChI is InChI=1S/C25H20FN7O/c1-33-13-17(19(32-33)10-11-34)18-8-9-21-23(27-18)24(31-30-21)25-28-20-7-3-6-16(22(20)29-25)14-4-2-5-15(26)12-14/h2-9,12-13,34H,10-11H2,1H3,(H,28,29)(H,30,31). The number of para-hydroxylation sites is 1. The highest BCUT2D eigenvalue weighted by Crippen LogP contribution is 2.32. The number of hydrogen-bond donors (Lipinski definition) is 3.